The molecule has 2 heterocycles. The standard InChI is InChI=1S/C15H14ClN3O3S/c1-19-8-11-14(15(19)20)10(7-13(16)18-11)17-9-5-3-4-6-12(9)23(2,21)22/h3-7H,8H2,1-2H3,(H,17,18). The SMILES string of the molecule is CN1Cc2nc(Cl)cc(Nc3ccccc3S(C)(=O)=O)c2C1=O. The number of pyridine rings is 1. The van der Waals surface area contributed by atoms with Crippen LogP contribution in [0.4, 0.5) is 11.4 Å². The molecule has 0 saturated heterocycles. The highest BCUT2D eigenvalue weighted by molar-refractivity contribution is 7.90. The first-order valence-electron chi connectivity index (χ1n) is 6.78. The summed E-state index contributed by atoms with van der Waals surface area (Å²) < 4.78 is 23.8. The Morgan fingerprint density at radius 2 is 1.96 bits per heavy atom. The summed E-state index contributed by atoms with van der Waals surface area (Å²) >= 11 is 6.02. The van der Waals surface area contributed by atoms with Gasteiger partial charge in [-0.25, -0.2) is 13.4 Å². The molecule has 2 aromatic rings. The summed E-state index contributed by atoms with van der Waals surface area (Å²) in [5.41, 5.74) is 1.83. The number of para-hydroxylation sites is 1. The number of aromatic nitrogens is 1. The number of rotatable bonds is 3. The van der Waals surface area contributed by atoms with Gasteiger partial charge in [0.25, 0.3) is 5.91 Å². The van der Waals surface area contributed by atoms with Gasteiger partial charge >= 0.3 is 0 Å². The monoisotopic (exact) mass is 351 g/mol. The normalized spacial score (nSPS) is 14.0. The molecule has 23 heavy (non-hydrogen) atoms. The lowest BCUT2D eigenvalue weighted by Gasteiger charge is -2.13. The Morgan fingerprint density at radius 3 is 2.65 bits per heavy atom. The van der Waals surface area contributed by atoms with E-state index in [2.05, 4.69) is 10.3 Å². The van der Waals surface area contributed by atoms with Gasteiger partial charge in [-0.3, -0.25) is 4.79 Å². The van der Waals surface area contributed by atoms with Gasteiger partial charge < -0.3 is 10.2 Å². The molecule has 0 atom stereocenters. The molecule has 0 saturated carbocycles. The lowest BCUT2D eigenvalue weighted by molar-refractivity contribution is 0.0817. The second kappa shape index (κ2) is 5.50. The summed E-state index contributed by atoms with van der Waals surface area (Å²) in [6.07, 6.45) is 1.14. The van der Waals surface area contributed by atoms with Crippen molar-refractivity contribution in [3.05, 3.63) is 46.7 Å². The van der Waals surface area contributed by atoms with Crippen LogP contribution in [-0.4, -0.2) is 37.5 Å². The highest BCUT2D eigenvalue weighted by atomic mass is 35.5. The number of nitrogens with one attached hydrogen (secondary N) is 1. The molecule has 1 amide bonds. The maximum absolute atomic E-state index is 12.3. The van der Waals surface area contributed by atoms with Crippen LogP contribution in [0, 0.1) is 0 Å². The van der Waals surface area contributed by atoms with Crippen molar-refractivity contribution in [1.82, 2.24) is 9.88 Å². The Labute approximate surface area is 139 Å². The van der Waals surface area contributed by atoms with Gasteiger partial charge in [-0.05, 0) is 18.2 Å². The zero-order valence-electron chi connectivity index (χ0n) is 12.5. The van der Waals surface area contributed by atoms with Gasteiger partial charge in [-0.1, -0.05) is 23.7 Å². The molecule has 3 rings (SSSR count). The molecule has 8 heteroatoms. The summed E-state index contributed by atoms with van der Waals surface area (Å²) in [4.78, 5) is 18.1. The maximum atomic E-state index is 12.3. The van der Waals surface area contributed by atoms with Crippen molar-refractivity contribution >= 4 is 38.7 Å². The smallest absolute Gasteiger partial charge is 0.257 e. The summed E-state index contributed by atoms with van der Waals surface area (Å²) in [6, 6.07) is 8.03. The number of hydrogen-bond acceptors (Lipinski definition) is 5. The Morgan fingerprint density at radius 1 is 1.26 bits per heavy atom. The highest BCUT2D eigenvalue weighted by Crippen LogP contribution is 2.33. The molecule has 1 aromatic carbocycles. The molecule has 1 aliphatic rings. The van der Waals surface area contributed by atoms with Gasteiger partial charge in [0.1, 0.15) is 5.15 Å². The molecule has 6 nitrogen and oxygen atoms in total. The number of carbonyl (C=O) groups excluding carboxylic acids is 1. The predicted molar refractivity (Wildman–Crippen MR) is 87.9 cm³/mol. The average molecular weight is 352 g/mol. The Bertz CT molecular complexity index is 912. The molecule has 0 radical (unpaired) electrons. The summed E-state index contributed by atoms with van der Waals surface area (Å²) in [5, 5.41) is 3.26. The van der Waals surface area contributed by atoms with Gasteiger partial charge in [0, 0.05) is 13.3 Å². The third-order valence-electron chi connectivity index (χ3n) is 3.57. The van der Waals surface area contributed by atoms with Crippen LogP contribution in [0.2, 0.25) is 5.15 Å². The number of benzene rings is 1. The predicted octanol–water partition coefficient (Wildman–Crippen LogP) is 2.47. The van der Waals surface area contributed by atoms with Crippen molar-refractivity contribution in [3.63, 3.8) is 0 Å². The van der Waals surface area contributed by atoms with Crippen molar-refractivity contribution in [2.75, 3.05) is 18.6 Å². The van der Waals surface area contributed by atoms with Gasteiger partial charge in [-0.2, -0.15) is 0 Å². The van der Waals surface area contributed by atoms with Crippen LogP contribution in [0.1, 0.15) is 16.1 Å². The van der Waals surface area contributed by atoms with Crippen LogP contribution < -0.4 is 5.32 Å². The lowest BCUT2D eigenvalue weighted by atomic mass is 10.1. The molecule has 0 spiro atoms. The maximum Gasteiger partial charge on any atom is 0.257 e. The summed E-state index contributed by atoms with van der Waals surface area (Å²) in [6.45, 7) is 0.372. The molecule has 1 N–H and O–H groups in total. The largest absolute Gasteiger partial charge is 0.354 e. The van der Waals surface area contributed by atoms with Crippen LogP contribution in [0.3, 0.4) is 0 Å². The Balaban J connectivity index is 2.12. The minimum absolute atomic E-state index is 0.153. The van der Waals surface area contributed by atoms with E-state index in [4.69, 9.17) is 11.6 Å². The number of amides is 1. The van der Waals surface area contributed by atoms with E-state index < -0.39 is 9.84 Å². The molecule has 0 bridgehead atoms. The molecular weight excluding hydrogens is 338 g/mol. The minimum atomic E-state index is -3.41. The topological polar surface area (TPSA) is 79.4 Å². The fourth-order valence-electron chi connectivity index (χ4n) is 2.54. The van der Waals surface area contributed by atoms with Crippen molar-refractivity contribution in [2.24, 2.45) is 0 Å². The van der Waals surface area contributed by atoms with E-state index in [1.54, 1.807) is 25.2 Å². The first-order chi connectivity index (χ1) is 10.8. The summed E-state index contributed by atoms with van der Waals surface area (Å²) in [7, 11) is -1.74. The van der Waals surface area contributed by atoms with E-state index >= 15 is 0 Å². The van der Waals surface area contributed by atoms with Crippen LogP contribution in [0.5, 0.6) is 0 Å². The Hall–Kier alpha value is -2.12. The van der Waals surface area contributed by atoms with E-state index in [0.29, 0.717) is 29.2 Å². The van der Waals surface area contributed by atoms with Gasteiger partial charge in [0.15, 0.2) is 9.84 Å². The molecule has 1 aliphatic heterocycles. The lowest BCUT2D eigenvalue weighted by Crippen LogP contribution is -2.18. The fraction of sp³-hybridized carbons (Fsp3) is 0.200. The molecule has 1 aromatic heterocycles. The second-order valence-electron chi connectivity index (χ2n) is 5.37. The van der Waals surface area contributed by atoms with Crippen LogP contribution in [0.15, 0.2) is 35.2 Å². The van der Waals surface area contributed by atoms with Crippen LogP contribution in [0.25, 0.3) is 0 Å². The van der Waals surface area contributed by atoms with E-state index in [1.165, 1.54) is 17.0 Å². The number of anilines is 2. The number of fused-ring (bicyclic) bond motifs is 1. The third-order valence-corrected chi connectivity index (χ3v) is 4.92. The van der Waals surface area contributed by atoms with E-state index in [-0.39, 0.29) is 16.0 Å². The van der Waals surface area contributed by atoms with Crippen molar-refractivity contribution < 1.29 is 13.2 Å². The highest BCUT2D eigenvalue weighted by Gasteiger charge is 2.30. The first kappa shape index (κ1) is 15.8. The number of sulfone groups is 1. The third kappa shape index (κ3) is 2.89. The molecule has 0 unspecified atom stereocenters. The molecular formula is C15H14ClN3O3S. The van der Waals surface area contributed by atoms with Crippen molar-refractivity contribution in [2.45, 2.75) is 11.4 Å². The zero-order valence-corrected chi connectivity index (χ0v) is 14.1. The second-order valence-corrected chi connectivity index (χ2v) is 7.74. The minimum Gasteiger partial charge on any atom is -0.354 e. The van der Waals surface area contributed by atoms with Crippen molar-refractivity contribution in [3.8, 4) is 0 Å². The van der Waals surface area contributed by atoms with Crippen molar-refractivity contribution in [1.29, 1.82) is 0 Å². The molecule has 0 fully saturated rings. The van der Waals surface area contributed by atoms with Crippen LogP contribution in [-0.2, 0) is 16.4 Å². The van der Waals surface area contributed by atoms with Gasteiger partial charge in [-0.15, -0.1) is 0 Å². The number of halogens is 1. The number of nitrogens with zero attached hydrogens (tertiary/aromatic N) is 2. The van der Waals surface area contributed by atoms with E-state index in [1.807, 2.05) is 0 Å². The van der Waals surface area contributed by atoms with E-state index in [0.717, 1.165) is 6.26 Å². The van der Waals surface area contributed by atoms with Gasteiger partial charge in [0.2, 0.25) is 0 Å². The number of carbonyl (C=O) groups is 1. The quantitative estimate of drug-likeness (QED) is 0.859. The van der Waals surface area contributed by atoms with Crippen LogP contribution >= 0.6 is 11.6 Å². The molecule has 0 aliphatic carbocycles. The Kier molecular flexibility index (Phi) is 3.77. The average Bonchev–Trinajstić information content (AvgIpc) is 2.73. The first-order valence-corrected chi connectivity index (χ1v) is 9.05. The van der Waals surface area contributed by atoms with E-state index in [9.17, 15) is 13.2 Å². The summed E-state index contributed by atoms with van der Waals surface area (Å²) in [5.74, 6) is -0.177. The van der Waals surface area contributed by atoms with Gasteiger partial charge in [0.05, 0.1) is 34.1 Å². The number of hydrogen-bond donors (Lipinski definition) is 1. The zero-order chi connectivity index (χ0) is 16.8. The fourth-order valence-corrected chi connectivity index (χ4v) is 3.60. The molecule has 120 valence electrons.